The van der Waals surface area contributed by atoms with E-state index in [0.29, 0.717) is 26.1 Å². The van der Waals surface area contributed by atoms with Crippen LogP contribution in [0, 0.1) is 31.6 Å². The molecule has 0 aliphatic carbocycles. The number of terminal acetylenes is 2. The SMILES string of the molecule is C#C.C#C.CCc1ccccc1.COCCN1CC[C@H](C(=O)OC)C1=O. The van der Waals surface area contributed by atoms with Gasteiger partial charge in [0.05, 0.1) is 13.7 Å². The molecule has 1 amide bonds. The van der Waals surface area contributed by atoms with Gasteiger partial charge in [-0.1, -0.05) is 37.3 Å². The van der Waals surface area contributed by atoms with Crippen LogP contribution in [-0.2, 0) is 25.5 Å². The van der Waals surface area contributed by atoms with Gasteiger partial charge in [-0.3, -0.25) is 9.59 Å². The quantitative estimate of drug-likeness (QED) is 0.460. The van der Waals surface area contributed by atoms with Crippen molar-refractivity contribution >= 4 is 11.9 Å². The zero-order chi connectivity index (χ0) is 20.4. The number of amides is 1. The number of methoxy groups -OCH3 is 2. The van der Waals surface area contributed by atoms with Crippen LogP contribution in [0.15, 0.2) is 30.3 Å². The summed E-state index contributed by atoms with van der Waals surface area (Å²) in [5.41, 5.74) is 1.41. The molecule has 1 fully saturated rings. The normalized spacial score (nSPS) is 14.5. The molecule has 1 heterocycles. The second-order valence-corrected chi connectivity index (χ2v) is 5.02. The molecule has 5 nitrogen and oxygen atoms in total. The average Bonchev–Trinajstić information content (AvgIpc) is 3.10. The molecule has 142 valence electrons. The molecule has 0 unspecified atom stereocenters. The van der Waals surface area contributed by atoms with Gasteiger partial charge in [-0.05, 0) is 18.4 Å². The van der Waals surface area contributed by atoms with Crippen molar-refractivity contribution in [2.75, 3.05) is 33.9 Å². The smallest absolute Gasteiger partial charge is 0.318 e. The van der Waals surface area contributed by atoms with E-state index >= 15 is 0 Å². The fourth-order valence-corrected chi connectivity index (χ4v) is 2.24. The molecule has 1 aromatic carbocycles. The van der Waals surface area contributed by atoms with Crippen LogP contribution in [0.3, 0.4) is 0 Å². The Balaban J connectivity index is 0. The van der Waals surface area contributed by atoms with E-state index in [4.69, 9.17) is 4.74 Å². The Hall–Kier alpha value is -2.76. The van der Waals surface area contributed by atoms with Crippen molar-refractivity contribution in [3.63, 3.8) is 0 Å². The van der Waals surface area contributed by atoms with Crippen molar-refractivity contribution < 1.29 is 19.1 Å². The fraction of sp³-hybridized carbons (Fsp3) is 0.429. The molecule has 0 aromatic heterocycles. The lowest BCUT2D eigenvalue weighted by Gasteiger charge is -2.15. The molecule has 26 heavy (non-hydrogen) atoms. The molecule has 1 saturated heterocycles. The number of rotatable bonds is 5. The van der Waals surface area contributed by atoms with E-state index in [-0.39, 0.29) is 5.91 Å². The topological polar surface area (TPSA) is 55.8 Å². The highest BCUT2D eigenvalue weighted by Gasteiger charge is 2.37. The molecule has 1 aliphatic heterocycles. The van der Waals surface area contributed by atoms with Crippen LogP contribution in [-0.4, -0.2) is 50.7 Å². The molecule has 5 heteroatoms. The molecule has 2 rings (SSSR count). The number of carbonyl (C=O) groups is 2. The van der Waals surface area contributed by atoms with Gasteiger partial charge in [0.2, 0.25) is 5.91 Å². The molecule has 0 N–H and O–H groups in total. The van der Waals surface area contributed by atoms with Crippen molar-refractivity contribution in [1.29, 1.82) is 0 Å². The van der Waals surface area contributed by atoms with Gasteiger partial charge in [0, 0.05) is 20.2 Å². The first kappa shape index (κ1) is 25.5. The Morgan fingerprint density at radius 1 is 1.15 bits per heavy atom. The van der Waals surface area contributed by atoms with Crippen molar-refractivity contribution in [2.24, 2.45) is 5.92 Å². The number of ether oxygens (including phenoxy) is 2. The Bertz CT molecular complexity index is 531. The van der Waals surface area contributed by atoms with Gasteiger partial charge in [0.15, 0.2) is 0 Å². The van der Waals surface area contributed by atoms with Crippen molar-refractivity contribution in [2.45, 2.75) is 19.8 Å². The minimum Gasteiger partial charge on any atom is -0.468 e. The summed E-state index contributed by atoms with van der Waals surface area (Å²) in [6, 6.07) is 10.5. The van der Waals surface area contributed by atoms with Gasteiger partial charge in [0.25, 0.3) is 0 Å². The maximum atomic E-state index is 11.6. The monoisotopic (exact) mass is 359 g/mol. The second kappa shape index (κ2) is 17.1. The summed E-state index contributed by atoms with van der Waals surface area (Å²) in [6.07, 6.45) is 17.7. The van der Waals surface area contributed by atoms with Crippen LogP contribution in [0.1, 0.15) is 18.9 Å². The van der Waals surface area contributed by atoms with Crippen LogP contribution in [0.4, 0.5) is 0 Å². The van der Waals surface area contributed by atoms with Gasteiger partial charge >= 0.3 is 5.97 Å². The molecule has 1 aromatic rings. The molecule has 0 saturated carbocycles. The zero-order valence-electron chi connectivity index (χ0n) is 15.9. The average molecular weight is 359 g/mol. The first-order valence-corrected chi connectivity index (χ1v) is 8.20. The number of carbonyl (C=O) groups excluding carboxylic acids is 2. The van der Waals surface area contributed by atoms with E-state index in [2.05, 4.69) is 61.6 Å². The summed E-state index contributed by atoms with van der Waals surface area (Å²) in [6.45, 7) is 3.82. The van der Waals surface area contributed by atoms with Gasteiger partial charge < -0.3 is 14.4 Å². The van der Waals surface area contributed by atoms with Crippen LogP contribution in [0.25, 0.3) is 0 Å². The molecule has 0 spiro atoms. The maximum Gasteiger partial charge on any atom is 0.318 e. The van der Waals surface area contributed by atoms with E-state index in [9.17, 15) is 9.59 Å². The highest BCUT2D eigenvalue weighted by molar-refractivity contribution is 5.99. The lowest BCUT2D eigenvalue weighted by Crippen LogP contribution is -2.33. The summed E-state index contributed by atoms with van der Waals surface area (Å²) in [5.74, 6) is -1.18. The fourth-order valence-electron chi connectivity index (χ4n) is 2.24. The lowest BCUT2D eigenvalue weighted by molar-refractivity contribution is -0.150. The number of likely N-dealkylation sites (tertiary alicyclic amines) is 1. The molecule has 1 aliphatic rings. The van der Waals surface area contributed by atoms with Gasteiger partial charge in [0.1, 0.15) is 5.92 Å². The summed E-state index contributed by atoms with van der Waals surface area (Å²) in [7, 11) is 2.88. The standard InChI is InChI=1S/C9H15NO4.C8H10.2C2H2/c1-13-6-5-10-4-3-7(8(10)11)9(12)14-2;1-2-8-6-4-3-5-7-8;2*1-2/h7H,3-6H2,1-2H3;3-7H,2H2,1H3;2*1-2H/t7-;;;/m0.../s1. The number of hydrogen-bond acceptors (Lipinski definition) is 4. The van der Waals surface area contributed by atoms with E-state index in [1.807, 2.05) is 6.07 Å². The minimum absolute atomic E-state index is 0.145. The molecular formula is C21H29NO4. The summed E-state index contributed by atoms with van der Waals surface area (Å²) >= 11 is 0. The second-order valence-electron chi connectivity index (χ2n) is 5.02. The number of aryl methyl sites for hydroxylation is 1. The summed E-state index contributed by atoms with van der Waals surface area (Å²) in [4.78, 5) is 24.4. The van der Waals surface area contributed by atoms with Gasteiger partial charge in [-0.2, -0.15) is 0 Å². The van der Waals surface area contributed by atoms with E-state index < -0.39 is 11.9 Å². The van der Waals surface area contributed by atoms with Gasteiger partial charge in [-0.25, -0.2) is 0 Å². The number of esters is 1. The van der Waals surface area contributed by atoms with Crippen molar-refractivity contribution in [3.05, 3.63) is 35.9 Å². The molecule has 1 atom stereocenters. The van der Waals surface area contributed by atoms with Crippen molar-refractivity contribution in [3.8, 4) is 25.7 Å². The Morgan fingerprint density at radius 3 is 2.15 bits per heavy atom. The van der Waals surface area contributed by atoms with Crippen LogP contribution in [0.5, 0.6) is 0 Å². The minimum atomic E-state index is -0.600. The summed E-state index contributed by atoms with van der Waals surface area (Å²) < 4.78 is 9.40. The predicted molar refractivity (Wildman–Crippen MR) is 104 cm³/mol. The first-order chi connectivity index (χ1) is 12.6. The number of hydrogen-bond donors (Lipinski definition) is 0. The molecule has 0 bridgehead atoms. The van der Waals surface area contributed by atoms with Crippen LogP contribution >= 0.6 is 0 Å². The van der Waals surface area contributed by atoms with Crippen LogP contribution < -0.4 is 0 Å². The Kier molecular flexibility index (Phi) is 16.7. The van der Waals surface area contributed by atoms with Gasteiger partial charge in [-0.15, -0.1) is 25.7 Å². The van der Waals surface area contributed by atoms with Crippen molar-refractivity contribution in [1.82, 2.24) is 4.90 Å². The molecular weight excluding hydrogens is 330 g/mol. The highest BCUT2D eigenvalue weighted by atomic mass is 16.5. The third-order valence-corrected chi connectivity index (χ3v) is 3.60. The number of nitrogens with zero attached hydrogens (tertiary/aromatic N) is 1. The van der Waals surface area contributed by atoms with E-state index in [1.165, 1.54) is 12.7 Å². The Morgan fingerprint density at radius 2 is 1.73 bits per heavy atom. The largest absolute Gasteiger partial charge is 0.468 e. The maximum absolute atomic E-state index is 11.6. The molecule has 0 radical (unpaired) electrons. The van der Waals surface area contributed by atoms with E-state index in [1.54, 1.807) is 12.0 Å². The van der Waals surface area contributed by atoms with Crippen LogP contribution in [0.2, 0.25) is 0 Å². The third kappa shape index (κ3) is 9.52. The predicted octanol–water partition coefficient (Wildman–Crippen LogP) is 2.40. The Labute approximate surface area is 157 Å². The number of benzene rings is 1. The van der Waals surface area contributed by atoms with E-state index in [0.717, 1.165) is 6.42 Å². The zero-order valence-corrected chi connectivity index (χ0v) is 15.9. The summed E-state index contributed by atoms with van der Waals surface area (Å²) in [5, 5.41) is 0. The third-order valence-electron chi connectivity index (χ3n) is 3.60. The first-order valence-electron chi connectivity index (χ1n) is 8.20. The lowest BCUT2D eigenvalue weighted by atomic mass is 10.1. The highest BCUT2D eigenvalue weighted by Crippen LogP contribution is 2.18.